The van der Waals surface area contributed by atoms with Crippen LogP contribution < -0.4 is 20.5 Å². The van der Waals surface area contributed by atoms with Gasteiger partial charge in [0.15, 0.2) is 23.1 Å². The van der Waals surface area contributed by atoms with Crippen LogP contribution in [0.5, 0.6) is 11.5 Å². The number of phenols is 1. The van der Waals surface area contributed by atoms with E-state index in [0.717, 1.165) is 41.5 Å². The smallest absolute Gasteiger partial charge is 0.327 e. The Kier molecular flexibility index (Phi) is 13.8. The summed E-state index contributed by atoms with van der Waals surface area (Å²) in [5.41, 5.74) is 2.39. The Hall–Kier alpha value is -5.84. The van der Waals surface area contributed by atoms with Crippen LogP contribution in [-0.4, -0.2) is 127 Å². The lowest BCUT2D eigenvalue weighted by Crippen LogP contribution is -3.08. The molecule has 4 aromatic rings. The number of benzene rings is 3. The minimum atomic E-state index is -3.31. The van der Waals surface area contributed by atoms with Crippen molar-refractivity contribution in [3.8, 4) is 22.6 Å². The quantitative estimate of drug-likeness (QED) is 0.0428. The van der Waals surface area contributed by atoms with E-state index in [4.69, 9.17) is 23.5 Å². The van der Waals surface area contributed by atoms with Gasteiger partial charge in [-0.15, -0.1) is 0 Å². The number of aliphatic hydroxyl groups is 6. The molecule has 19 heteroatoms. The number of aliphatic imine (C=N–C) groups is 1. The highest BCUT2D eigenvalue weighted by atomic mass is 16.8. The van der Waals surface area contributed by atoms with E-state index in [1.54, 1.807) is 18.3 Å². The van der Waals surface area contributed by atoms with Crippen molar-refractivity contribution in [3.05, 3.63) is 111 Å². The Morgan fingerprint density at radius 1 is 0.955 bits per heavy atom. The Morgan fingerprint density at radius 3 is 2.34 bits per heavy atom. The van der Waals surface area contributed by atoms with E-state index in [-0.39, 0.29) is 34.6 Å². The van der Waals surface area contributed by atoms with E-state index in [1.165, 1.54) is 36.6 Å². The third-order valence-corrected chi connectivity index (χ3v) is 12.6. The standard InChI is InChI=1S/C48H53N3O16/c1-25-18-26(2)20-29(19-25)38-37-28(14-16-49-37)22-51(38)67-42-40(56)41(57)43(48(62,24-53)66-45(60)36(44(58)59)47(61,15-17-52)50-30-6-4-3-5-7-30)65-46(42)64-32-12-13-33-35(21-32)63-23-34(39(33)55)27-8-10-31(54)11-9-27/h8-14,16,18-21,23,30,36,40-43,46,50,52-54,56-57,61-62H,3-7,15,17,22,24H2,1-2H3,(H,58,59)/p+1/t36-,40+,41+,42-,43+,46-,47-,48+/m0/s1. The van der Waals surface area contributed by atoms with E-state index in [1.807, 2.05) is 38.1 Å². The third kappa shape index (κ3) is 9.66. The summed E-state index contributed by atoms with van der Waals surface area (Å²) in [5, 5.41) is 91.3. The zero-order valence-corrected chi connectivity index (χ0v) is 36.7. The molecule has 1 saturated carbocycles. The molecule has 19 nitrogen and oxygen atoms in total. The molecule has 356 valence electrons. The van der Waals surface area contributed by atoms with Crippen LogP contribution in [-0.2, 0) is 23.9 Å². The number of hydroxylamine groups is 2. The van der Waals surface area contributed by atoms with Crippen LogP contribution in [0.15, 0.2) is 98.5 Å². The van der Waals surface area contributed by atoms with Crippen molar-refractivity contribution >= 4 is 34.8 Å². The second kappa shape index (κ2) is 19.4. The van der Waals surface area contributed by atoms with Crippen LogP contribution in [0, 0.1) is 19.8 Å². The molecule has 0 spiro atoms. The average Bonchev–Trinajstić information content (AvgIpc) is 3.88. The molecule has 3 aliphatic heterocycles. The molecule has 4 heterocycles. The molecular weight excluding hydrogens is 875 g/mol. The van der Waals surface area contributed by atoms with Crippen molar-refractivity contribution in [1.29, 1.82) is 0 Å². The molecule has 0 bridgehead atoms. The SMILES string of the molecule is Cc1cc(C)cc(C2=C3N=CC=C3C[NH+]2O[C@@H]2[C@@H](Oc3ccc4c(=O)c(-c5ccc(O)cc5)coc4c3)O[C@@H]([C@@](O)(CO)OC(=O)[C@H](C(=O)O)[C@@](O)(CCO)NC3CCCCC3)[C@H](O)[C@H]2O)c1. The molecular formula is C48H54N3O16+. The van der Waals surface area contributed by atoms with E-state index < -0.39 is 91.2 Å². The topological polar surface area (TPSA) is 292 Å². The molecule has 8 rings (SSSR count). The van der Waals surface area contributed by atoms with E-state index in [0.29, 0.717) is 34.9 Å². The van der Waals surface area contributed by atoms with Gasteiger partial charge in [0.25, 0.3) is 5.79 Å². The molecule has 1 unspecified atom stereocenters. The number of esters is 1. The van der Waals surface area contributed by atoms with Crippen LogP contribution in [0.25, 0.3) is 27.8 Å². The number of rotatable bonds is 16. The fraction of sp³-hybridized carbons (Fsp3) is 0.417. The average molecular weight is 929 g/mol. The molecule has 2 fully saturated rings. The number of nitrogens with one attached hydrogen (secondary N) is 2. The van der Waals surface area contributed by atoms with Crippen molar-refractivity contribution in [3.63, 3.8) is 0 Å². The van der Waals surface area contributed by atoms with Gasteiger partial charge in [0.05, 0.1) is 10.9 Å². The maximum Gasteiger partial charge on any atom is 0.327 e. The fourth-order valence-electron chi connectivity index (χ4n) is 9.38. The van der Waals surface area contributed by atoms with Crippen LogP contribution in [0.3, 0.4) is 0 Å². The molecule has 1 saturated heterocycles. The number of hydrogen-bond acceptors (Lipinski definition) is 17. The largest absolute Gasteiger partial charge is 0.508 e. The molecule has 3 aromatic carbocycles. The second-order valence-corrected chi connectivity index (χ2v) is 17.5. The lowest BCUT2D eigenvalue weighted by Gasteiger charge is -2.46. The maximum absolute atomic E-state index is 13.9. The van der Waals surface area contributed by atoms with Crippen LogP contribution in [0.4, 0.5) is 0 Å². The van der Waals surface area contributed by atoms with Gasteiger partial charge in [-0.05, 0) is 74.7 Å². The number of aliphatic carboxylic acids is 1. The van der Waals surface area contributed by atoms with Gasteiger partial charge in [0.1, 0.15) is 60.1 Å². The minimum Gasteiger partial charge on any atom is -0.508 e. The number of carboxylic acid groups (broad SMARTS) is 1. The summed E-state index contributed by atoms with van der Waals surface area (Å²) in [7, 11) is 0. The summed E-state index contributed by atoms with van der Waals surface area (Å²) in [4.78, 5) is 51.4. The van der Waals surface area contributed by atoms with Gasteiger partial charge in [-0.2, -0.15) is 9.90 Å². The highest BCUT2D eigenvalue weighted by Gasteiger charge is 2.60. The molecule has 0 amide bonds. The van der Waals surface area contributed by atoms with Crippen LogP contribution in [0.1, 0.15) is 55.2 Å². The zero-order chi connectivity index (χ0) is 47.8. The first-order chi connectivity index (χ1) is 32.0. The number of carbonyl (C=O) groups excluding carboxylic acids is 1. The molecule has 9 atom stereocenters. The van der Waals surface area contributed by atoms with Crippen molar-refractivity contribution < 1.29 is 79.0 Å². The summed E-state index contributed by atoms with van der Waals surface area (Å²) >= 11 is 0. The van der Waals surface area contributed by atoms with E-state index in [2.05, 4.69) is 10.3 Å². The number of carbonyl (C=O) groups is 2. The first-order valence-electron chi connectivity index (χ1n) is 22.0. The number of aliphatic hydroxyl groups excluding tert-OH is 4. The first kappa shape index (κ1) is 47.6. The van der Waals surface area contributed by atoms with Gasteiger partial charge in [-0.3, -0.25) is 19.7 Å². The number of aromatic hydroxyl groups is 1. The molecule has 67 heavy (non-hydrogen) atoms. The van der Waals surface area contributed by atoms with Crippen molar-refractivity contribution in [1.82, 2.24) is 5.32 Å². The summed E-state index contributed by atoms with van der Waals surface area (Å²) in [6.45, 7) is 1.77. The highest BCUT2D eigenvalue weighted by molar-refractivity contribution is 5.95. The molecule has 4 aliphatic rings. The normalized spacial score (nSPS) is 25.3. The van der Waals surface area contributed by atoms with Crippen molar-refractivity contribution in [2.24, 2.45) is 10.9 Å². The van der Waals surface area contributed by atoms with Gasteiger partial charge in [-0.25, -0.2) is 4.99 Å². The first-order valence-corrected chi connectivity index (χ1v) is 22.0. The summed E-state index contributed by atoms with van der Waals surface area (Å²) in [6, 6.07) is 15.5. The molecule has 0 radical (unpaired) electrons. The highest BCUT2D eigenvalue weighted by Crippen LogP contribution is 2.36. The number of quaternary nitrogens is 1. The van der Waals surface area contributed by atoms with Gasteiger partial charge >= 0.3 is 11.9 Å². The zero-order valence-electron chi connectivity index (χ0n) is 36.7. The summed E-state index contributed by atoms with van der Waals surface area (Å²) in [5.74, 6) is -9.50. The number of phenolic OH excluding ortho intramolecular Hbond substituents is 1. The maximum atomic E-state index is 13.9. The monoisotopic (exact) mass is 928 g/mol. The van der Waals surface area contributed by atoms with E-state index >= 15 is 0 Å². The molecule has 1 aromatic heterocycles. The number of ether oxygens (including phenoxy) is 3. The van der Waals surface area contributed by atoms with Gasteiger partial charge < -0.3 is 59.5 Å². The molecule has 1 aliphatic carbocycles. The Balaban J connectivity index is 1.13. The molecule has 10 N–H and O–H groups in total. The van der Waals surface area contributed by atoms with Gasteiger partial charge in [0, 0.05) is 42.5 Å². The second-order valence-electron chi connectivity index (χ2n) is 17.5. The minimum absolute atomic E-state index is 0.00756. The van der Waals surface area contributed by atoms with Gasteiger partial charge in [0.2, 0.25) is 12.4 Å². The fourth-order valence-corrected chi connectivity index (χ4v) is 9.38. The number of nitrogens with zero attached hydrogens (tertiary/aromatic N) is 1. The Bertz CT molecular complexity index is 2640. The lowest BCUT2D eigenvalue weighted by molar-refractivity contribution is -1.04. The predicted octanol–water partition coefficient (Wildman–Crippen LogP) is 1.10. The third-order valence-electron chi connectivity index (χ3n) is 12.6. The number of hydrogen-bond donors (Lipinski definition) is 10. The summed E-state index contributed by atoms with van der Waals surface area (Å²) in [6.07, 6.45) is -2.50. The Morgan fingerprint density at radius 2 is 1.67 bits per heavy atom. The predicted molar refractivity (Wildman–Crippen MR) is 237 cm³/mol. The van der Waals surface area contributed by atoms with Crippen molar-refractivity contribution in [2.45, 2.75) is 101 Å². The number of fused-ring (bicyclic) bond motifs is 2. The Labute approximate surface area is 383 Å². The lowest BCUT2D eigenvalue weighted by atomic mass is 9.88. The van der Waals surface area contributed by atoms with Crippen molar-refractivity contribution in [2.75, 3.05) is 19.8 Å². The van der Waals surface area contributed by atoms with Crippen LogP contribution >= 0.6 is 0 Å². The number of aryl methyl sites for hydroxylation is 2. The van der Waals surface area contributed by atoms with Crippen LogP contribution in [0.2, 0.25) is 0 Å². The van der Waals surface area contributed by atoms with Gasteiger partial charge in [-0.1, -0.05) is 48.6 Å². The van der Waals surface area contributed by atoms with E-state index in [9.17, 15) is 55.2 Å². The number of allylic oxidation sites excluding steroid dienone is 1. The number of carboxylic acids is 1. The summed E-state index contributed by atoms with van der Waals surface area (Å²) < 4.78 is 23.6.